The first kappa shape index (κ1) is 30.5. The summed E-state index contributed by atoms with van der Waals surface area (Å²) in [6.45, 7) is 5.53. The zero-order valence-electron chi connectivity index (χ0n) is 22.2. The molecule has 3 aromatic carbocycles. The highest BCUT2D eigenvalue weighted by atomic mass is 35.5. The molecule has 1 atom stereocenters. The molecule has 0 aliphatic carbocycles. The molecular formula is C29H33Cl2N3O4S. The molecular weight excluding hydrogens is 557 g/mol. The number of aryl methyl sites for hydroxylation is 1. The average molecular weight is 591 g/mol. The number of halogens is 2. The van der Waals surface area contributed by atoms with E-state index in [1.807, 2.05) is 19.1 Å². The van der Waals surface area contributed by atoms with E-state index in [1.54, 1.807) is 62.4 Å². The highest BCUT2D eigenvalue weighted by Crippen LogP contribution is 2.27. The fourth-order valence-electron chi connectivity index (χ4n) is 4.19. The molecule has 0 aliphatic heterocycles. The molecule has 39 heavy (non-hydrogen) atoms. The number of nitrogens with one attached hydrogen (secondary N) is 1. The second-order valence-corrected chi connectivity index (χ2v) is 11.6. The lowest BCUT2D eigenvalue weighted by atomic mass is 10.1. The van der Waals surface area contributed by atoms with Crippen LogP contribution in [-0.4, -0.2) is 44.3 Å². The first-order chi connectivity index (χ1) is 18.6. The van der Waals surface area contributed by atoms with Crippen LogP contribution in [0.4, 0.5) is 5.69 Å². The lowest BCUT2D eigenvalue weighted by molar-refractivity contribution is -0.140. The fourth-order valence-corrected chi connectivity index (χ4v) is 5.95. The van der Waals surface area contributed by atoms with Crippen molar-refractivity contribution in [2.75, 3.05) is 17.4 Å². The van der Waals surface area contributed by atoms with E-state index in [-0.39, 0.29) is 17.3 Å². The van der Waals surface area contributed by atoms with Crippen LogP contribution in [0.25, 0.3) is 0 Å². The van der Waals surface area contributed by atoms with Gasteiger partial charge in [0.25, 0.3) is 10.0 Å². The third kappa shape index (κ3) is 7.53. The Balaban J connectivity index is 2.06. The zero-order valence-corrected chi connectivity index (χ0v) is 24.6. The normalized spacial score (nSPS) is 12.0. The SMILES string of the molecule is CCNC(=O)C(CC)N(Cc1ccc(Cl)c(Cl)c1)C(=O)CN(c1ccc(CC)cc1)S(=O)(=O)c1ccccc1. The van der Waals surface area contributed by atoms with E-state index in [0.29, 0.717) is 34.3 Å². The molecule has 0 bridgehead atoms. The third-order valence-corrected chi connectivity index (χ3v) is 8.84. The van der Waals surface area contributed by atoms with Crippen LogP contribution >= 0.6 is 23.2 Å². The molecule has 0 spiro atoms. The van der Waals surface area contributed by atoms with Crippen LogP contribution in [-0.2, 0) is 32.6 Å². The van der Waals surface area contributed by atoms with Gasteiger partial charge in [-0.05, 0) is 67.3 Å². The number of sulfonamides is 1. The van der Waals surface area contributed by atoms with E-state index in [2.05, 4.69) is 5.32 Å². The summed E-state index contributed by atoms with van der Waals surface area (Å²) in [6.07, 6.45) is 1.11. The Labute approximate surface area is 240 Å². The topological polar surface area (TPSA) is 86.8 Å². The van der Waals surface area contributed by atoms with E-state index < -0.39 is 28.5 Å². The standard InChI is InChI=1S/C29H33Cl2N3O4S/c1-4-21-12-15-23(16-13-21)34(39(37,38)24-10-8-7-9-11-24)20-28(35)33(27(5-2)29(36)32-6-3)19-22-14-17-25(30)26(31)18-22/h7-18,27H,4-6,19-20H2,1-3H3,(H,32,36). The Morgan fingerprint density at radius 3 is 2.08 bits per heavy atom. The highest BCUT2D eigenvalue weighted by Gasteiger charge is 2.33. The number of rotatable bonds is 12. The lowest BCUT2D eigenvalue weighted by Crippen LogP contribution is -2.52. The number of carbonyl (C=O) groups excluding carboxylic acids is 2. The van der Waals surface area contributed by atoms with Crippen molar-refractivity contribution in [3.8, 4) is 0 Å². The van der Waals surface area contributed by atoms with Gasteiger partial charge in [-0.25, -0.2) is 8.42 Å². The maximum atomic E-state index is 14.0. The predicted molar refractivity (Wildman–Crippen MR) is 157 cm³/mol. The number of carbonyl (C=O) groups is 2. The largest absolute Gasteiger partial charge is 0.355 e. The van der Waals surface area contributed by atoms with E-state index in [0.717, 1.165) is 16.3 Å². The summed E-state index contributed by atoms with van der Waals surface area (Å²) >= 11 is 12.3. The molecule has 0 heterocycles. The number of nitrogens with zero attached hydrogens (tertiary/aromatic N) is 2. The molecule has 3 rings (SSSR count). The van der Waals surface area contributed by atoms with Crippen molar-refractivity contribution in [1.29, 1.82) is 0 Å². The monoisotopic (exact) mass is 589 g/mol. The summed E-state index contributed by atoms with van der Waals surface area (Å²) in [5, 5.41) is 3.46. The lowest BCUT2D eigenvalue weighted by Gasteiger charge is -2.33. The molecule has 1 N–H and O–H groups in total. The van der Waals surface area contributed by atoms with Crippen molar-refractivity contribution in [2.45, 2.75) is 51.1 Å². The van der Waals surface area contributed by atoms with Crippen LogP contribution in [0, 0.1) is 0 Å². The second kappa shape index (κ2) is 13.8. The van der Waals surface area contributed by atoms with Gasteiger partial charge in [-0.1, -0.05) is 73.4 Å². The average Bonchev–Trinajstić information content (AvgIpc) is 2.94. The Hall–Kier alpha value is -3.07. The predicted octanol–water partition coefficient (Wildman–Crippen LogP) is 5.69. The zero-order chi connectivity index (χ0) is 28.6. The minimum absolute atomic E-state index is 0.0410. The molecule has 0 aliphatic rings. The molecule has 1 unspecified atom stereocenters. The second-order valence-electron chi connectivity index (χ2n) is 8.93. The van der Waals surface area contributed by atoms with Crippen LogP contribution in [0.5, 0.6) is 0 Å². The van der Waals surface area contributed by atoms with E-state index in [9.17, 15) is 18.0 Å². The van der Waals surface area contributed by atoms with Gasteiger partial charge in [-0.2, -0.15) is 0 Å². The molecule has 0 saturated carbocycles. The Morgan fingerprint density at radius 2 is 1.51 bits per heavy atom. The summed E-state index contributed by atoms with van der Waals surface area (Å²) in [5.41, 5.74) is 2.04. The first-order valence-corrected chi connectivity index (χ1v) is 15.0. The molecule has 0 fully saturated rings. The highest BCUT2D eigenvalue weighted by molar-refractivity contribution is 7.92. The number of anilines is 1. The first-order valence-electron chi connectivity index (χ1n) is 12.8. The molecule has 0 radical (unpaired) electrons. The van der Waals surface area contributed by atoms with Crippen LogP contribution in [0.15, 0.2) is 77.7 Å². The van der Waals surface area contributed by atoms with Gasteiger partial charge in [0.1, 0.15) is 12.6 Å². The minimum Gasteiger partial charge on any atom is -0.355 e. The molecule has 7 nitrogen and oxygen atoms in total. The summed E-state index contributed by atoms with van der Waals surface area (Å²) in [5.74, 6) is -0.851. The van der Waals surface area contributed by atoms with Crippen molar-refractivity contribution < 1.29 is 18.0 Å². The maximum Gasteiger partial charge on any atom is 0.264 e. The van der Waals surface area contributed by atoms with Gasteiger partial charge in [-0.3, -0.25) is 13.9 Å². The summed E-state index contributed by atoms with van der Waals surface area (Å²) < 4.78 is 28.7. The van der Waals surface area contributed by atoms with Crippen LogP contribution < -0.4 is 9.62 Å². The summed E-state index contributed by atoms with van der Waals surface area (Å²) in [6, 6.07) is 19.2. The Morgan fingerprint density at radius 1 is 0.872 bits per heavy atom. The van der Waals surface area contributed by atoms with E-state index >= 15 is 0 Å². The van der Waals surface area contributed by atoms with Gasteiger partial charge in [0, 0.05) is 13.1 Å². The van der Waals surface area contributed by atoms with E-state index in [1.165, 1.54) is 17.0 Å². The Bertz CT molecular complexity index is 1380. The van der Waals surface area contributed by atoms with Crippen molar-refractivity contribution in [3.05, 3.63) is 94.0 Å². The minimum atomic E-state index is -4.10. The quantitative estimate of drug-likeness (QED) is 0.294. The van der Waals surface area contributed by atoms with Gasteiger partial charge < -0.3 is 10.2 Å². The Kier molecular flexibility index (Phi) is 10.8. The number of hydrogen-bond acceptors (Lipinski definition) is 4. The number of amides is 2. The van der Waals surface area contributed by atoms with Crippen LogP contribution in [0.2, 0.25) is 10.0 Å². The van der Waals surface area contributed by atoms with Crippen LogP contribution in [0.3, 0.4) is 0 Å². The number of benzene rings is 3. The fraction of sp³-hybridized carbons (Fsp3) is 0.310. The molecule has 10 heteroatoms. The summed E-state index contributed by atoms with van der Waals surface area (Å²) in [4.78, 5) is 28.4. The molecule has 2 amide bonds. The van der Waals surface area contributed by atoms with Crippen molar-refractivity contribution in [3.63, 3.8) is 0 Å². The molecule has 3 aromatic rings. The molecule has 0 aromatic heterocycles. The number of likely N-dealkylation sites (N-methyl/N-ethyl adjacent to an activating group) is 1. The van der Waals surface area contributed by atoms with Gasteiger partial charge in [0.2, 0.25) is 11.8 Å². The van der Waals surface area contributed by atoms with Gasteiger partial charge in [-0.15, -0.1) is 0 Å². The summed E-state index contributed by atoms with van der Waals surface area (Å²) in [7, 11) is -4.10. The van der Waals surface area contributed by atoms with Crippen molar-refractivity contribution >= 4 is 50.7 Å². The number of hydrogen-bond donors (Lipinski definition) is 1. The molecule has 0 saturated heterocycles. The molecule has 208 valence electrons. The third-order valence-electron chi connectivity index (χ3n) is 6.32. The van der Waals surface area contributed by atoms with Crippen LogP contribution in [0.1, 0.15) is 38.3 Å². The van der Waals surface area contributed by atoms with E-state index in [4.69, 9.17) is 23.2 Å². The van der Waals surface area contributed by atoms with Gasteiger partial charge in [0.15, 0.2) is 0 Å². The maximum absolute atomic E-state index is 14.0. The van der Waals surface area contributed by atoms with Crippen molar-refractivity contribution in [1.82, 2.24) is 10.2 Å². The van der Waals surface area contributed by atoms with Crippen molar-refractivity contribution in [2.24, 2.45) is 0 Å². The van der Waals surface area contributed by atoms with Gasteiger partial charge >= 0.3 is 0 Å². The van der Waals surface area contributed by atoms with Gasteiger partial charge in [0.05, 0.1) is 20.6 Å². The smallest absolute Gasteiger partial charge is 0.264 e.